The number of aryl methyl sites for hydroxylation is 1. The first-order valence-electron chi connectivity index (χ1n) is 7.33. The molecular weight excluding hydrogens is 300 g/mol. The van der Waals surface area contributed by atoms with Crippen LogP contribution >= 0.6 is 11.3 Å². The fourth-order valence-corrected chi connectivity index (χ4v) is 3.59. The molecule has 22 heavy (non-hydrogen) atoms. The molecule has 0 fully saturated rings. The number of hydrogen-bond acceptors (Lipinski definition) is 5. The first-order valence-corrected chi connectivity index (χ1v) is 8.15. The molecule has 1 heterocycles. The number of allylic oxidation sites excluding steroid dienone is 1. The first-order chi connectivity index (χ1) is 10.7. The van der Waals surface area contributed by atoms with Gasteiger partial charge in [-0.05, 0) is 37.7 Å². The molecule has 1 aliphatic carbocycles. The molecule has 116 valence electrons. The van der Waals surface area contributed by atoms with E-state index < -0.39 is 11.9 Å². The molecule has 2 rings (SSSR count). The average Bonchev–Trinajstić information content (AvgIpc) is 2.87. The minimum Gasteiger partial charge on any atom is -0.452 e. The second-order valence-corrected chi connectivity index (χ2v) is 6.10. The van der Waals surface area contributed by atoms with Gasteiger partial charge in [0, 0.05) is 11.0 Å². The van der Waals surface area contributed by atoms with Crippen LogP contribution in [0, 0.1) is 11.3 Å². The topological polar surface area (TPSA) is 79.2 Å². The summed E-state index contributed by atoms with van der Waals surface area (Å²) in [6.07, 6.45) is 7.75. The summed E-state index contributed by atoms with van der Waals surface area (Å²) < 4.78 is 4.84. The van der Waals surface area contributed by atoms with Gasteiger partial charge in [-0.25, -0.2) is 4.79 Å². The predicted octanol–water partition coefficient (Wildman–Crippen LogP) is 2.95. The number of anilines is 1. The number of ether oxygens (including phenoxy) is 1. The number of esters is 1. The lowest BCUT2D eigenvalue weighted by Gasteiger charge is -2.09. The van der Waals surface area contributed by atoms with E-state index in [-0.39, 0.29) is 6.61 Å². The highest BCUT2D eigenvalue weighted by Gasteiger charge is 2.21. The quantitative estimate of drug-likeness (QED) is 0.668. The number of fused-ring (bicyclic) bond motifs is 1. The number of thiophene rings is 1. The largest absolute Gasteiger partial charge is 0.452 e. The number of nitriles is 1. The smallest absolute Gasteiger partial charge is 0.330 e. The van der Waals surface area contributed by atoms with Crippen molar-refractivity contribution in [2.24, 2.45) is 0 Å². The molecule has 1 aromatic heterocycles. The highest BCUT2D eigenvalue weighted by Crippen LogP contribution is 2.37. The SMILES string of the molecule is CC/C=C/C(=O)OCC(=O)Nc1sc2c(c1C#N)CCCC2. The lowest BCUT2D eigenvalue weighted by molar-refractivity contribution is -0.142. The molecule has 1 amide bonds. The highest BCUT2D eigenvalue weighted by atomic mass is 32.1. The lowest BCUT2D eigenvalue weighted by Crippen LogP contribution is -2.20. The van der Waals surface area contributed by atoms with Crippen molar-refractivity contribution < 1.29 is 14.3 Å². The summed E-state index contributed by atoms with van der Waals surface area (Å²) in [5, 5.41) is 12.6. The number of hydrogen-bond donors (Lipinski definition) is 1. The van der Waals surface area contributed by atoms with Crippen molar-refractivity contribution >= 4 is 28.2 Å². The van der Waals surface area contributed by atoms with Gasteiger partial charge in [0.1, 0.15) is 11.1 Å². The summed E-state index contributed by atoms with van der Waals surface area (Å²) >= 11 is 1.45. The van der Waals surface area contributed by atoms with Gasteiger partial charge in [-0.3, -0.25) is 4.79 Å². The zero-order chi connectivity index (χ0) is 15.9. The van der Waals surface area contributed by atoms with Crippen molar-refractivity contribution in [3.05, 3.63) is 28.2 Å². The average molecular weight is 318 g/mol. The maximum atomic E-state index is 11.9. The molecule has 1 aromatic rings. The molecule has 0 aromatic carbocycles. The van der Waals surface area contributed by atoms with Crippen LogP contribution in [0.3, 0.4) is 0 Å². The van der Waals surface area contributed by atoms with Crippen LogP contribution in [0.1, 0.15) is 42.2 Å². The van der Waals surface area contributed by atoms with Crippen LogP contribution in [0.2, 0.25) is 0 Å². The van der Waals surface area contributed by atoms with E-state index in [9.17, 15) is 14.9 Å². The highest BCUT2D eigenvalue weighted by molar-refractivity contribution is 7.16. The van der Waals surface area contributed by atoms with Gasteiger partial charge >= 0.3 is 5.97 Å². The van der Waals surface area contributed by atoms with Crippen molar-refractivity contribution in [3.63, 3.8) is 0 Å². The Kier molecular flexibility index (Phi) is 5.73. The van der Waals surface area contributed by atoms with Crippen molar-refractivity contribution in [1.82, 2.24) is 0 Å². The van der Waals surface area contributed by atoms with E-state index in [0.717, 1.165) is 37.7 Å². The monoisotopic (exact) mass is 318 g/mol. The van der Waals surface area contributed by atoms with Gasteiger partial charge in [0.2, 0.25) is 0 Å². The molecule has 0 unspecified atom stereocenters. The summed E-state index contributed by atoms with van der Waals surface area (Å²) in [6, 6.07) is 2.18. The fraction of sp³-hybridized carbons (Fsp3) is 0.438. The third-order valence-electron chi connectivity index (χ3n) is 3.37. The second-order valence-electron chi connectivity index (χ2n) is 4.99. The summed E-state index contributed by atoms with van der Waals surface area (Å²) in [6.45, 7) is 1.55. The normalized spacial score (nSPS) is 13.5. The Balaban J connectivity index is 1.97. The van der Waals surface area contributed by atoms with E-state index >= 15 is 0 Å². The Labute approximate surface area is 133 Å². The number of rotatable bonds is 5. The Morgan fingerprint density at radius 2 is 2.18 bits per heavy atom. The third-order valence-corrected chi connectivity index (χ3v) is 4.58. The molecule has 6 heteroatoms. The van der Waals surface area contributed by atoms with Crippen LogP contribution in [-0.4, -0.2) is 18.5 Å². The molecule has 0 saturated carbocycles. The van der Waals surface area contributed by atoms with E-state index in [1.807, 2.05) is 6.92 Å². The van der Waals surface area contributed by atoms with Gasteiger partial charge in [0.15, 0.2) is 6.61 Å². The number of carbonyl (C=O) groups excluding carboxylic acids is 2. The Morgan fingerprint density at radius 3 is 2.91 bits per heavy atom. The molecule has 0 atom stereocenters. The predicted molar refractivity (Wildman–Crippen MR) is 84.7 cm³/mol. The lowest BCUT2D eigenvalue weighted by atomic mass is 9.96. The zero-order valence-electron chi connectivity index (χ0n) is 12.5. The first kappa shape index (κ1) is 16.2. The Bertz CT molecular complexity index is 641. The van der Waals surface area contributed by atoms with Crippen LogP contribution in [0.15, 0.2) is 12.2 Å². The van der Waals surface area contributed by atoms with Gasteiger partial charge < -0.3 is 10.1 Å². The van der Waals surface area contributed by atoms with E-state index in [0.29, 0.717) is 10.6 Å². The maximum absolute atomic E-state index is 11.9. The standard InChI is InChI=1S/C16H18N2O3S/c1-2-3-8-15(20)21-10-14(19)18-16-12(9-17)11-6-4-5-7-13(11)22-16/h3,8H,2,4-7,10H2,1H3,(H,18,19)/b8-3+. The van der Waals surface area contributed by atoms with Gasteiger partial charge in [-0.2, -0.15) is 5.26 Å². The molecule has 0 bridgehead atoms. The molecular formula is C16H18N2O3S. The van der Waals surface area contributed by atoms with Crippen LogP contribution in [0.25, 0.3) is 0 Å². The molecule has 0 radical (unpaired) electrons. The number of carbonyl (C=O) groups is 2. The van der Waals surface area contributed by atoms with Crippen molar-refractivity contribution in [2.75, 3.05) is 11.9 Å². The minimum atomic E-state index is -0.539. The van der Waals surface area contributed by atoms with Crippen molar-refractivity contribution in [1.29, 1.82) is 5.26 Å². The van der Waals surface area contributed by atoms with E-state index in [4.69, 9.17) is 4.74 Å². The van der Waals surface area contributed by atoms with E-state index in [2.05, 4.69) is 11.4 Å². The number of nitrogens with zero attached hydrogens (tertiary/aromatic N) is 1. The molecule has 1 N–H and O–H groups in total. The van der Waals surface area contributed by atoms with Crippen LogP contribution in [0.5, 0.6) is 0 Å². The summed E-state index contributed by atoms with van der Waals surface area (Å²) in [5.41, 5.74) is 1.63. The second kappa shape index (κ2) is 7.76. The summed E-state index contributed by atoms with van der Waals surface area (Å²) in [7, 11) is 0. The third kappa shape index (κ3) is 3.95. The number of nitrogens with one attached hydrogen (secondary N) is 1. The molecule has 5 nitrogen and oxygen atoms in total. The zero-order valence-corrected chi connectivity index (χ0v) is 13.3. The van der Waals surface area contributed by atoms with Gasteiger partial charge in [-0.15, -0.1) is 11.3 Å². The molecule has 0 saturated heterocycles. The van der Waals surface area contributed by atoms with Crippen LogP contribution in [0.4, 0.5) is 5.00 Å². The number of amides is 1. The van der Waals surface area contributed by atoms with Crippen molar-refractivity contribution in [2.45, 2.75) is 39.0 Å². The van der Waals surface area contributed by atoms with Crippen LogP contribution < -0.4 is 5.32 Å². The van der Waals surface area contributed by atoms with Gasteiger partial charge in [-0.1, -0.05) is 13.0 Å². The minimum absolute atomic E-state index is 0.347. The van der Waals surface area contributed by atoms with Crippen molar-refractivity contribution in [3.8, 4) is 6.07 Å². The maximum Gasteiger partial charge on any atom is 0.330 e. The van der Waals surface area contributed by atoms with Gasteiger partial charge in [0.05, 0.1) is 5.56 Å². The van der Waals surface area contributed by atoms with E-state index in [1.165, 1.54) is 22.3 Å². The fourth-order valence-electron chi connectivity index (χ4n) is 2.33. The van der Waals surface area contributed by atoms with Crippen LogP contribution in [-0.2, 0) is 27.2 Å². The Hall–Kier alpha value is -2.13. The summed E-state index contributed by atoms with van der Waals surface area (Å²) in [5.74, 6) is -0.962. The van der Waals surface area contributed by atoms with E-state index in [1.54, 1.807) is 6.08 Å². The Morgan fingerprint density at radius 1 is 1.41 bits per heavy atom. The molecule has 1 aliphatic rings. The van der Waals surface area contributed by atoms with Gasteiger partial charge in [0.25, 0.3) is 5.91 Å². The molecule has 0 aliphatic heterocycles. The molecule has 0 spiro atoms. The summed E-state index contributed by atoms with van der Waals surface area (Å²) in [4.78, 5) is 24.3.